The van der Waals surface area contributed by atoms with E-state index >= 15 is 0 Å². The average Bonchev–Trinajstić information content (AvgIpc) is 3.36. The summed E-state index contributed by atoms with van der Waals surface area (Å²) in [7, 11) is 0. The number of furan rings is 1. The zero-order valence-corrected chi connectivity index (χ0v) is 16.9. The lowest BCUT2D eigenvalue weighted by Crippen LogP contribution is -2.28. The highest BCUT2D eigenvalue weighted by Crippen LogP contribution is 2.27. The predicted molar refractivity (Wildman–Crippen MR) is 110 cm³/mol. The molecule has 7 heteroatoms. The molecule has 0 aliphatic carbocycles. The number of hydrogen-bond donors (Lipinski definition) is 0. The van der Waals surface area contributed by atoms with Gasteiger partial charge in [-0.2, -0.15) is 5.10 Å². The Morgan fingerprint density at radius 1 is 1.14 bits per heavy atom. The van der Waals surface area contributed by atoms with Gasteiger partial charge in [0.2, 0.25) is 0 Å². The van der Waals surface area contributed by atoms with Gasteiger partial charge in [-0.1, -0.05) is 6.07 Å². The molecule has 4 rings (SSSR count). The highest BCUT2D eigenvalue weighted by molar-refractivity contribution is 6.07. The molecule has 0 aliphatic heterocycles. The van der Waals surface area contributed by atoms with Gasteiger partial charge in [-0.05, 0) is 58.0 Å². The first kappa shape index (κ1) is 18.9. The van der Waals surface area contributed by atoms with Gasteiger partial charge in [0, 0.05) is 18.3 Å². The van der Waals surface area contributed by atoms with Crippen LogP contribution in [0.2, 0.25) is 0 Å². The number of carbonyl (C=O) groups excluding carboxylic acids is 1. The fraction of sp³-hybridized carbons (Fsp3) is 0.273. The quantitative estimate of drug-likeness (QED) is 0.527. The van der Waals surface area contributed by atoms with Gasteiger partial charge in [-0.15, -0.1) is 0 Å². The van der Waals surface area contributed by atoms with Crippen molar-refractivity contribution in [2.45, 2.75) is 39.8 Å². The van der Waals surface area contributed by atoms with Gasteiger partial charge >= 0.3 is 0 Å². The summed E-state index contributed by atoms with van der Waals surface area (Å²) in [6.45, 7) is 8.02. The third-order valence-electron chi connectivity index (χ3n) is 4.51. The Morgan fingerprint density at radius 2 is 1.97 bits per heavy atom. The molecule has 4 heterocycles. The summed E-state index contributed by atoms with van der Waals surface area (Å²) in [5.74, 6) is 0.413. The highest BCUT2D eigenvalue weighted by atomic mass is 16.3. The molecule has 0 bridgehead atoms. The van der Waals surface area contributed by atoms with Crippen LogP contribution in [0.15, 0.2) is 64.5 Å². The van der Waals surface area contributed by atoms with E-state index in [1.807, 2.05) is 56.6 Å². The van der Waals surface area contributed by atoms with Crippen LogP contribution < -0.4 is 5.49 Å². The molecule has 0 N–H and O–H groups in total. The Labute approximate surface area is 168 Å². The lowest BCUT2D eigenvalue weighted by atomic mass is 10.1. The van der Waals surface area contributed by atoms with Crippen molar-refractivity contribution in [3.8, 4) is 11.5 Å². The molecule has 0 spiro atoms. The fourth-order valence-corrected chi connectivity index (χ4v) is 3.23. The van der Waals surface area contributed by atoms with Gasteiger partial charge < -0.3 is 4.42 Å². The standard InChI is InChI=1S/C22H23N5O2/c1-14(2)24-20-9-5-6-10-26(20)22(28)16-12-18(19-8-7-11-29-19)25-21-17(16)13-23-27(21)15(3)4/h5-15H,1-4H3. The first-order valence-electron chi connectivity index (χ1n) is 9.64. The third-order valence-corrected chi connectivity index (χ3v) is 4.51. The number of pyridine rings is 2. The average molecular weight is 389 g/mol. The number of hydrogen-bond acceptors (Lipinski definition) is 5. The predicted octanol–water partition coefficient (Wildman–Crippen LogP) is 4.07. The molecule has 0 aliphatic rings. The molecule has 0 fully saturated rings. The normalized spacial score (nSPS) is 12.4. The van der Waals surface area contributed by atoms with Crippen molar-refractivity contribution in [2.24, 2.45) is 4.99 Å². The molecule has 148 valence electrons. The molecular formula is C22H23N5O2. The van der Waals surface area contributed by atoms with Crippen LogP contribution in [-0.2, 0) is 0 Å². The zero-order chi connectivity index (χ0) is 20.5. The number of aromatic nitrogens is 4. The lowest BCUT2D eigenvalue weighted by Gasteiger charge is -2.11. The molecule has 0 unspecified atom stereocenters. The maximum atomic E-state index is 13.6. The smallest absolute Gasteiger partial charge is 0.264 e. The summed E-state index contributed by atoms with van der Waals surface area (Å²) in [6, 6.07) is 11.1. The Balaban J connectivity index is 1.98. The first-order valence-corrected chi connectivity index (χ1v) is 9.64. The highest BCUT2D eigenvalue weighted by Gasteiger charge is 2.20. The van der Waals surface area contributed by atoms with Gasteiger partial charge in [-0.3, -0.25) is 14.4 Å². The second-order valence-corrected chi connectivity index (χ2v) is 7.41. The molecule has 4 aromatic rings. The molecule has 29 heavy (non-hydrogen) atoms. The third kappa shape index (κ3) is 3.51. The van der Waals surface area contributed by atoms with Gasteiger partial charge in [0.1, 0.15) is 11.2 Å². The first-order chi connectivity index (χ1) is 14.0. The zero-order valence-electron chi connectivity index (χ0n) is 16.9. The maximum absolute atomic E-state index is 13.6. The van der Waals surface area contributed by atoms with E-state index in [4.69, 9.17) is 9.40 Å². The van der Waals surface area contributed by atoms with Crippen LogP contribution >= 0.6 is 0 Å². The second-order valence-electron chi connectivity index (χ2n) is 7.41. The van der Waals surface area contributed by atoms with Crippen molar-refractivity contribution in [3.63, 3.8) is 0 Å². The van der Waals surface area contributed by atoms with Crippen LogP contribution in [0.3, 0.4) is 0 Å². The summed E-state index contributed by atoms with van der Waals surface area (Å²) >= 11 is 0. The maximum Gasteiger partial charge on any atom is 0.264 e. The van der Waals surface area contributed by atoms with Gasteiger partial charge in [0.05, 0.1) is 23.4 Å². The van der Waals surface area contributed by atoms with Crippen LogP contribution in [0.4, 0.5) is 0 Å². The van der Waals surface area contributed by atoms with E-state index in [1.54, 1.807) is 35.4 Å². The number of nitrogens with zero attached hydrogens (tertiary/aromatic N) is 5. The van der Waals surface area contributed by atoms with Crippen molar-refractivity contribution >= 4 is 16.9 Å². The fourth-order valence-electron chi connectivity index (χ4n) is 3.23. The molecule has 0 radical (unpaired) electrons. The Morgan fingerprint density at radius 3 is 2.66 bits per heavy atom. The second kappa shape index (κ2) is 7.50. The topological polar surface area (TPSA) is 78.2 Å². The van der Waals surface area contributed by atoms with Crippen molar-refractivity contribution in [3.05, 3.63) is 66.1 Å². The molecular weight excluding hydrogens is 366 g/mol. The van der Waals surface area contributed by atoms with E-state index in [2.05, 4.69) is 10.1 Å². The van der Waals surface area contributed by atoms with Gasteiger partial charge in [0.25, 0.3) is 5.91 Å². The van der Waals surface area contributed by atoms with E-state index < -0.39 is 0 Å². The Bertz CT molecular complexity index is 1230. The summed E-state index contributed by atoms with van der Waals surface area (Å²) in [6.07, 6.45) is 5.02. The van der Waals surface area contributed by atoms with Crippen molar-refractivity contribution in [2.75, 3.05) is 0 Å². The monoisotopic (exact) mass is 389 g/mol. The Hall–Kier alpha value is -3.48. The number of rotatable bonds is 4. The van der Waals surface area contributed by atoms with E-state index in [0.717, 1.165) is 0 Å². The van der Waals surface area contributed by atoms with Crippen molar-refractivity contribution in [1.29, 1.82) is 0 Å². The molecule has 7 nitrogen and oxygen atoms in total. The number of carbonyl (C=O) groups is 1. The summed E-state index contributed by atoms with van der Waals surface area (Å²) in [4.78, 5) is 22.9. The van der Waals surface area contributed by atoms with Crippen LogP contribution in [0.5, 0.6) is 0 Å². The van der Waals surface area contributed by atoms with Crippen LogP contribution in [0.25, 0.3) is 22.5 Å². The summed E-state index contributed by atoms with van der Waals surface area (Å²) in [5, 5.41) is 5.16. The summed E-state index contributed by atoms with van der Waals surface area (Å²) < 4.78 is 8.91. The van der Waals surface area contributed by atoms with Gasteiger partial charge in [0.15, 0.2) is 11.4 Å². The van der Waals surface area contributed by atoms with Crippen LogP contribution in [0.1, 0.15) is 44.1 Å². The van der Waals surface area contributed by atoms with E-state index in [1.165, 1.54) is 0 Å². The van der Waals surface area contributed by atoms with E-state index in [0.29, 0.717) is 33.5 Å². The SMILES string of the molecule is CC(C)N=c1ccccn1C(=O)c1cc(-c2ccco2)nc2c1cnn2C(C)C. The molecule has 0 saturated heterocycles. The minimum Gasteiger partial charge on any atom is -0.463 e. The lowest BCUT2D eigenvalue weighted by molar-refractivity contribution is 0.0956. The minimum absolute atomic E-state index is 0.0660. The molecule has 0 amide bonds. The van der Waals surface area contributed by atoms with E-state index in [-0.39, 0.29) is 18.0 Å². The minimum atomic E-state index is -0.187. The molecule has 0 aromatic carbocycles. The number of fused-ring (bicyclic) bond motifs is 1. The van der Waals surface area contributed by atoms with Crippen molar-refractivity contribution in [1.82, 2.24) is 19.3 Å². The molecule has 0 saturated carbocycles. The summed E-state index contributed by atoms with van der Waals surface area (Å²) in [5.41, 5.74) is 2.35. The van der Waals surface area contributed by atoms with Crippen LogP contribution in [0, 0.1) is 0 Å². The van der Waals surface area contributed by atoms with E-state index in [9.17, 15) is 4.79 Å². The van der Waals surface area contributed by atoms with Crippen molar-refractivity contribution < 1.29 is 9.21 Å². The molecule has 0 atom stereocenters. The van der Waals surface area contributed by atoms with Gasteiger partial charge in [-0.25, -0.2) is 9.67 Å². The Kier molecular flexibility index (Phi) is 4.88. The molecule has 4 aromatic heterocycles. The van der Waals surface area contributed by atoms with Crippen LogP contribution in [-0.4, -0.2) is 31.3 Å². The largest absolute Gasteiger partial charge is 0.463 e.